The molecule has 0 spiro atoms. The number of nitrogens with two attached hydrogens (primary N) is 1. The molecule has 0 unspecified atom stereocenters. The van der Waals surface area contributed by atoms with Crippen LogP contribution in [0.25, 0.3) is 38.8 Å². The van der Waals surface area contributed by atoms with Crippen molar-refractivity contribution in [2.24, 2.45) is 0 Å². The van der Waals surface area contributed by atoms with E-state index in [0.29, 0.717) is 32.7 Å². The average molecular weight is 622 g/mol. The number of hydrogen-bond acceptors (Lipinski definition) is 7. The van der Waals surface area contributed by atoms with Crippen molar-refractivity contribution in [3.63, 3.8) is 0 Å². The molecule has 7 rings (SSSR count). The lowest BCUT2D eigenvalue weighted by Crippen LogP contribution is -2.19. The maximum absolute atomic E-state index is 14.2. The molecule has 7 aromatic rings. The lowest BCUT2D eigenvalue weighted by atomic mass is 10.1. The summed E-state index contributed by atoms with van der Waals surface area (Å²) in [7, 11) is -4.24. The van der Waals surface area contributed by atoms with Crippen LogP contribution in [0.3, 0.4) is 0 Å². The molecule has 3 aromatic carbocycles. The van der Waals surface area contributed by atoms with Gasteiger partial charge in [0.1, 0.15) is 17.3 Å². The van der Waals surface area contributed by atoms with Crippen molar-refractivity contribution in [2.75, 3.05) is 5.73 Å². The highest BCUT2D eigenvalue weighted by molar-refractivity contribution is 7.90. The number of aromatic amines is 1. The molecule has 0 bridgehead atoms. The van der Waals surface area contributed by atoms with Gasteiger partial charge in [-0.1, -0.05) is 41.4 Å². The third kappa shape index (κ3) is 4.45. The van der Waals surface area contributed by atoms with Crippen molar-refractivity contribution in [3.05, 3.63) is 119 Å². The van der Waals surface area contributed by atoms with E-state index >= 15 is 0 Å². The third-order valence-corrected chi connectivity index (χ3v) is 9.58. The van der Waals surface area contributed by atoms with Gasteiger partial charge in [0.2, 0.25) is 5.78 Å². The Bertz CT molecular complexity index is 2370. The molecule has 218 valence electrons. The highest BCUT2D eigenvalue weighted by atomic mass is 35.5. The number of hydrogen-bond donors (Lipinski definition) is 2. The number of ketones is 1. The molecule has 10 nitrogen and oxygen atoms in total. The number of nitrogens with one attached hydrogen (secondary N) is 1. The monoisotopic (exact) mass is 621 g/mol. The van der Waals surface area contributed by atoms with Crippen LogP contribution < -0.4 is 5.73 Å². The molecule has 0 aliphatic heterocycles. The lowest BCUT2D eigenvalue weighted by Gasteiger charge is -2.13. The molecule has 0 amide bonds. The fourth-order valence-corrected chi connectivity index (χ4v) is 7.01. The van der Waals surface area contributed by atoms with Crippen LogP contribution in [0.2, 0.25) is 5.02 Å². The van der Waals surface area contributed by atoms with Gasteiger partial charge in [-0.25, -0.2) is 22.1 Å². The zero-order valence-corrected chi connectivity index (χ0v) is 25.1. The SMILES string of the molecule is Cc1ccc(S(=O)(=O)n2c(C(=O)c3cnn(-c4ccc5[nH]c(C)nc5c4)c3N)cc3ccc(-c4cnccc4Cl)cc32)cc1. The standard InChI is InChI=1S/C32H24ClN7O3S/c1-18-3-8-23(9-4-18)44(42,43)40-29-13-20(24-16-35-12-11-26(24)33)5-6-21(29)14-30(40)31(41)25-17-36-39(32(25)34)22-7-10-27-28(15-22)38-19(2)37-27/h3-17H,34H2,1-2H3,(H,37,38). The van der Waals surface area contributed by atoms with E-state index in [4.69, 9.17) is 17.3 Å². The third-order valence-electron chi connectivity index (χ3n) is 7.51. The number of aromatic nitrogens is 6. The van der Waals surface area contributed by atoms with Crippen LogP contribution in [0.5, 0.6) is 0 Å². The minimum absolute atomic E-state index is 0.0331. The Hall–Kier alpha value is -5.26. The molecule has 12 heteroatoms. The molecule has 0 saturated heterocycles. The van der Waals surface area contributed by atoms with Crippen molar-refractivity contribution in [1.82, 2.24) is 28.7 Å². The molecule has 44 heavy (non-hydrogen) atoms. The van der Waals surface area contributed by atoms with Crippen LogP contribution >= 0.6 is 11.6 Å². The van der Waals surface area contributed by atoms with E-state index in [1.165, 1.54) is 23.0 Å². The highest BCUT2D eigenvalue weighted by Crippen LogP contribution is 2.34. The van der Waals surface area contributed by atoms with Gasteiger partial charge < -0.3 is 10.7 Å². The predicted molar refractivity (Wildman–Crippen MR) is 170 cm³/mol. The Morgan fingerprint density at radius 3 is 2.52 bits per heavy atom. The van der Waals surface area contributed by atoms with Gasteiger partial charge in [-0.3, -0.25) is 9.78 Å². The summed E-state index contributed by atoms with van der Waals surface area (Å²) in [6.45, 7) is 3.72. The molecule has 3 N–H and O–H groups in total. The Kier molecular flexibility index (Phi) is 6.38. The number of aryl methyl sites for hydroxylation is 2. The number of rotatable bonds is 6. The van der Waals surface area contributed by atoms with Crippen molar-refractivity contribution < 1.29 is 13.2 Å². The number of imidazole rings is 1. The van der Waals surface area contributed by atoms with Crippen molar-refractivity contribution in [2.45, 2.75) is 18.7 Å². The van der Waals surface area contributed by atoms with E-state index in [0.717, 1.165) is 26.4 Å². The summed E-state index contributed by atoms with van der Waals surface area (Å²) in [4.78, 5) is 26.0. The molecule has 0 aliphatic carbocycles. The second kappa shape index (κ2) is 10.2. The Morgan fingerprint density at radius 1 is 0.955 bits per heavy atom. The summed E-state index contributed by atoms with van der Waals surface area (Å²) in [5, 5.41) is 5.37. The first-order valence-electron chi connectivity index (χ1n) is 13.5. The number of halogens is 1. The molecular formula is C32H24ClN7O3S. The van der Waals surface area contributed by atoms with Crippen molar-refractivity contribution in [3.8, 4) is 16.8 Å². The summed E-state index contributed by atoms with van der Waals surface area (Å²) in [5.74, 6) is 0.227. The number of carbonyl (C=O) groups is 1. The van der Waals surface area contributed by atoms with Crippen LogP contribution in [0.4, 0.5) is 5.82 Å². The molecule has 0 aliphatic rings. The predicted octanol–water partition coefficient (Wildman–Crippen LogP) is 6.09. The smallest absolute Gasteiger partial charge is 0.268 e. The second-order valence-electron chi connectivity index (χ2n) is 10.4. The zero-order valence-electron chi connectivity index (χ0n) is 23.5. The maximum Gasteiger partial charge on any atom is 0.268 e. The number of H-pyrrole nitrogens is 1. The van der Waals surface area contributed by atoms with Gasteiger partial charge in [0.25, 0.3) is 10.0 Å². The van der Waals surface area contributed by atoms with E-state index in [9.17, 15) is 13.2 Å². The number of fused-ring (bicyclic) bond motifs is 2. The summed E-state index contributed by atoms with van der Waals surface area (Å²) in [5.41, 5.74) is 11.1. The van der Waals surface area contributed by atoms with Gasteiger partial charge in [-0.15, -0.1) is 0 Å². The first-order chi connectivity index (χ1) is 21.1. The van der Waals surface area contributed by atoms with Gasteiger partial charge >= 0.3 is 0 Å². The van der Waals surface area contributed by atoms with Gasteiger partial charge in [-0.2, -0.15) is 5.10 Å². The number of nitrogens with zero attached hydrogens (tertiary/aromatic N) is 5. The molecule has 0 atom stereocenters. The minimum Gasteiger partial charge on any atom is -0.383 e. The molecule has 0 saturated carbocycles. The Labute approximate surface area is 256 Å². The first kappa shape index (κ1) is 27.6. The zero-order chi connectivity index (χ0) is 30.7. The van der Waals surface area contributed by atoms with E-state index in [-0.39, 0.29) is 22.0 Å². The number of nitrogen functional groups attached to an aromatic ring is 1. The lowest BCUT2D eigenvalue weighted by molar-refractivity contribution is 0.103. The molecule has 4 aromatic heterocycles. The Balaban J connectivity index is 1.41. The minimum atomic E-state index is -4.24. The second-order valence-corrected chi connectivity index (χ2v) is 12.6. The van der Waals surface area contributed by atoms with Gasteiger partial charge in [0.15, 0.2) is 0 Å². The number of benzene rings is 3. The summed E-state index contributed by atoms with van der Waals surface area (Å²) >= 11 is 6.44. The molecule has 0 fully saturated rings. The molecule has 0 radical (unpaired) electrons. The van der Waals surface area contributed by atoms with E-state index in [1.807, 2.05) is 32.0 Å². The number of pyridine rings is 1. The van der Waals surface area contributed by atoms with Gasteiger partial charge in [-0.05, 0) is 67.9 Å². The average Bonchev–Trinajstić information content (AvgIpc) is 3.70. The maximum atomic E-state index is 14.2. The van der Waals surface area contributed by atoms with Crippen LogP contribution in [0, 0.1) is 13.8 Å². The van der Waals surface area contributed by atoms with Crippen LogP contribution in [-0.4, -0.2) is 42.9 Å². The van der Waals surface area contributed by atoms with Gasteiger partial charge in [0.05, 0.1) is 43.9 Å². The molecule has 4 heterocycles. The largest absolute Gasteiger partial charge is 0.383 e. The van der Waals surface area contributed by atoms with E-state index < -0.39 is 15.8 Å². The van der Waals surface area contributed by atoms with Crippen LogP contribution in [0.1, 0.15) is 27.4 Å². The normalized spacial score (nSPS) is 11.9. The fraction of sp³-hybridized carbons (Fsp3) is 0.0625. The van der Waals surface area contributed by atoms with Crippen molar-refractivity contribution >= 4 is 55.2 Å². The van der Waals surface area contributed by atoms with E-state index in [1.54, 1.807) is 54.9 Å². The quantitative estimate of drug-likeness (QED) is 0.214. The van der Waals surface area contributed by atoms with Crippen LogP contribution in [-0.2, 0) is 10.0 Å². The summed E-state index contributed by atoms with van der Waals surface area (Å²) < 4.78 is 31.0. The highest BCUT2D eigenvalue weighted by Gasteiger charge is 2.29. The Morgan fingerprint density at radius 2 is 1.75 bits per heavy atom. The number of carbonyl (C=O) groups excluding carboxylic acids is 1. The summed E-state index contributed by atoms with van der Waals surface area (Å²) in [6.07, 6.45) is 4.53. The topological polar surface area (TPSA) is 142 Å². The fourth-order valence-electron chi connectivity index (χ4n) is 5.30. The van der Waals surface area contributed by atoms with Crippen LogP contribution in [0.15, 0.2) is 96.3 Å². The van der Waals surface area contributed by atoms with Crippen molar-refractivity contribution in [1.29, 1.82) is 0 Å². The van der Waals surface area contributed by atoms with Gasteiger partial charge in [0, 0.05) is 23.3 Å². The molecular weight excluding hydrogens is 598 g/mol. The van der Waals surface area contributed by atoms with E-state index in [2.05, 4.69) is 20.1 Å². The summed E-state index contributed by atoms with van der Waals surface area (Å²) in [6, 6.07) is 20.4. The first-order valence-corrected chi connectivity index (χ1v) is 15.4. The number of anilines is 1.